The van der Waals surface area contributed by atoms with E-state index in [2.05, 4.69) is 15.0 Å². The molecule has 0 radical (unpaired) electrons. The first-order chi connectivity index (χ1) is 12.6. The molecule has 3 aromatic heterocycles. The van der Waals surface area contributed by atoms with Crippen LogP contribution >= 0.6 is 0 Å². The number of nitriles is 1. The second-order valence-corrected chi connectivity index (χ2v) is 6.20. The predicted octanol–water partition coefficient (Wildman–Crippen LogP) is 3.46. The smallest absolute Gasteiger partial charge is 0.183 e. The van der Waals surface area contributed by atoms with Crippen molar-refractivity contribution in [1.29, 1.82) is 5.26 Å². The minimum Gasteiger partial charge on any atom is -0.381 e. The van der Waals surface area contributed by atoms with E-state index in [0.29, 0.717) is 11.4 Å². The van der Waals surface area contributed by atoms with E-state index in [1.807, 2.05) is 67.3 Å². The lowest BCUT2D eigenvalue weighted by molar-refractivity contribution is 0.925. The lowest BCUT2D eigenvalue weighted by Gasteiger charge is -2.11. The van der Waals surface area contributed by atoms with Gasteiger partial charge in [-0.15, -0.1) is 0 Å². The minimum atomic E-state index is 0.128. The fraction of sp³-hybridized carbons (Fsp3) is 0.100. The molecule has 0 atom stereocenters. The van der Waals surface area contributed by atoms with Crippen LogP contribution in [0, 0.1) is 18.3 Å². The molecule has 0 aliphatic carbocycles. The molecule has 0 aliphatic rings. The number of benzene rings is 1. The second kappa shape index (κ2) is 5.97. The Labute approximate surface area is 150 Å². The Morgan fingerprint density at radius 3 is 2.69 bits per heavy atom. The number of nitrogens with two attached hydrogens (primary N) is 1. The van der Waals surface area contributed by atoms with Gasteiger partial charge in [0.05, 0.1) is 11.2 Å². The van der Waals surface area contributed by atoms with Crippen LogP contribution in [0.5, 0.6) is 0 Å². The Balaban J connectivity index is 2.01. The highest BCUT2D eigenvalue weighted by Crippen LogP contribution is 2.33. The third kappa shape index (κ3) is 2.56. The van der Waals surface area contributed by atoms with Crippen LogP contribution in [0.15, 0.2) is 48.9 Å². The maximum atomic E-state index is 9.34. The van der Waals surface area contributed by atoms with Crippen molar-refractivity contribution in [2.75, 3.05) is 5.73 Å². The van der Waals surface area contributed by atoms with Gasteiger partial charge in [0.2, 0.25) is 0 Å². The number of aryl methyl sites for hydroxylation is 2. The quantitative estimate of drug-likeness (QED) is 0.603. The molecular formula is C20H16N6. The van der Waals surface area contributed by atoms with Gasteiger partial charge in [0, 0.05) is 42.2 Å². The van der Waals surface area contributed by atoms with Gasteiger partial charge in [-0.25, -0.2) is 9.97 Å². The average molecular weight is 340 g/mol. The average Bonchev–Trinajstić information content (AvgIpc) is 2.99. The Morgan fingerprint density at radius 1 is 1.12 bits per heavy atom. The third-order valence-electron chi connectivity index (χ3n) is 4.32. The highest BCUT2D eigenvalue weighted by atomic mass is 14.9. The third-order valence-corrected chi connectivity index (χ3v) is 4.32. The topological polar surface area (TPSA) is 93.4 Å². The maximum Gasteiger partial charge on any atom is 0.183 e. The van der Waals surface area contributed by atoms with Crippen LogP contribution in [-0.4, -0.2) is 19.5 Å². The molecule has 2 N–H and O–H groups in total. The SMILES string of the molecule is Cc1cn(C)cc1-c1nc(N)c(C#N)nc1-c1ccc2ncccc2c1. The zero-order chi connectivity index (χ0) is 18.3. The molecule has 0 unspecified atom stereocenters. The molecule has 0 aliphatic heterocycles. The van der Waals surface area contributed by atoms with E-state index in [1.54, 1.807) is 6.20 Å². The zero-order valence-corrected chi connectivity index (χ0v) is 14.4. The summed E-state index contributed by atoms with van der Waals surface area (Å²) in [5, 5.41) is 10.3. The molecule has 0 saturated carbocycles. The highest BCUT2D eigenvalue weighted by molar-refractivity contribution is 5.88. The number of rotatable bonds is 2. The van der Waals surface area contributed by atoms with E-state index in [1.165, 1.54) is 0 Å². The molecule has 4 aromatic rings. The van der Waals surface area contributed by atoms with Crippen LogP contribution < -0.4 is 5.73 Å². The van der Waals surface area contributed by atoms with Crippen molar-refractivity contribution in [2.45, 2.75) is 6.92 Å². The number of anilines is 1. The van der Waals surface area contributed by atoms with Gasteiger partial charge in [-0.2, -0.15) is 5.26 Å². The molecule has 0 fully saturated rings. The van der Waals surface area contributed by atoms with E-state index < -0.39 is 0 Å². The summed E-state index contributed by atoms with van der Waals surface area (Å²) >= 11 is 0. The second-order valence-electron chi connectivity index (χ2n) is 6.20. The van der Waals surface area contributed by atoms with Crippen LogP contribution in [0.3, 0.4) is 0 Å². The van der Waals surface area contributed by atoms with E-state index in [9.17, 15) is 5.26 Å². The van der Waals surface area contributed by atoms with Gasteiger partial charge < -0.3 is 10.3 Å². The number of fused-ring (bicyclic) bond motifs is 1. The summed E-state index contributed by atoms with van der Waals surface area (Å²) < 4.78 is 1.97. The molecule has 0 spiro atoms. The van der Waals surface area contributed by atoms with Crippen LogP contribution in [0.25, 0.3) is 33.4 Å². The van der Waals surface area contributed by atoms with E-state index in [4.69, 9.17) is 5.73 Å². The predicted molar refractivity (Wildman–Crippen MR) is 101 cm³/mol. The molecule has 6 nitrogen and oxygen atoms in total. The maximum absolute atomic E-state index is 9.34. The van der Waals surface area contributed by atoms with E-state index in [0.717, 1.165) is 27.6 Å². The summed E-state index contributed by atoms with van der Waals surface area (Å²) in [6.07, 6.45) is 5.76. The summed E-state index contributed by atoms with van der Waals surface area (Å²) in [5.74, 6) is 0.136. The number of nitrogen functional groups attached to an aromatic ring is 1. The summed E-state index contributed by atoms with van der Waals surface area (Å²) in [6.45, 7) is 2.01. The Morgan fingerprint density at radius 2 is 1.96 bits per heavy atom. The number of hydrogen-bond acceptors (Lipinski definition) is 5. The fourth-order valence-electron chi connectivity index (χ4n) is 3.11. The molecule has 4 rings (SSSR count). The number of hydrogen-bond donors (Lipinski definition) is 1. The minimum absolute atomic E-state index is 0.128. The first kappa shape index (κ1) is 15.8. The Kier molecular flexibility index (Phi) is 3.63. The van der Waals surface area contributed by atoms with E-state index in [-0.39, 0.29) is 11.5 Å². The number of pyridine rings is 1. The van der Waals surface area contributed by atoms with Crippen molar-refractivity contribution in [3.8, 4) is 28.6 Å². The molecule has 3 heterocycles. The lowest BCUT2D eigenvalue weighted by Crippen LogP contribution is -2.03. The largest absolute Gasteiger partial charge is 0.381 e. The van der Waals surface area contributed by atoms with Crippen molar-refractivity contribution >= 4 is 16.7 Å². The van der Waals surface area contributed by atoms with Crippen molar-refractivity contribution in [1.82, 2.24) is 19.5 Å². The molecule has 0 saturated heterocycles. The van der Waals surface area contributed by atoms with Crippen molar-refractivity contribution < 1.29 is 0 Å². The molecule has 0 bridgehead atoms. The van der Waals surface area contributed by atoms with Gasteiger partial charge in [0.15, 0.2) is 11.5 Å². The molecule has 0 amide bonds. The van der Waals surface area contributed by atoms with Gasteiger partial charge in [0.25, 0.3) is 0 Å². The standard InChI is InChI=1S/C20H16N6/c1-12-10-26(2)11-15(12)19-18(24-17(9-21)20(22)25-19)14-5-6-16-13(8-14)4-3-7-23-16/h3-8,10-11H,1-2H3,(H2,22,25). The Bertz CT molecular complexity index is 1180. The summed E-state index contributed by atoms with van der Waals surface area (Å²) in [6, 6.07) is 11.8. The first-order valence-corrected chi connectivity index (χ1v) is 8.12. The van der Waals surface area contributed by atoms with Gasteiger partial charge in [-0.3, -0.25) is 4.98 Å². The number of aromatic nitrogens is 4. The summed E-state index contributed by atoms with van der Waals surface area (Å²) in [4.78, 5) is 13.4. The zero-order valence-electron chi connectivity index (χ0n) is 14.4. The molecule has 6 heteroatoms. The van der Waals surface area contributed by atoms with Crippen LogP contribution in [0.1, 0.15) is 11.3 Å². The van der Waals surface area contributed by atoms with Crippen LogP contribution in [-0.2, 0) is 7.05 Å². The van der Waals surface area contributed by atoms with Crippen molar-refractivity contribution in [2.24, 2.45) is 7.05 Å². The van der Waals surface area contributed by atoms with Gasteiger partial charge in [0.1, 0.15) is 11.8 Å². The van der Waals surface area contributed by atoms with Crippen molar-refractivity contribution in [3.05, 3.63) is 60.2 Å². The lowest BCUT2D eigenvalue weighted by atomic mass is 10.0. The number of nitrogens with zero attached hydrogens (tertiary/aromatic N) is 5. The van der Waals surface area contributed by atoms with Crippen LogP contribution in [0.2, 0.25) is 0 Å². The van der Waals surface area contributed by atoms with Crippen LogP contribution in [0.4, 0.5) is 5.82 Å². The molecule has 1 aromatic carbocycles. The monoisotopic (exact) mass is 340 g/mol. The molecule has 26 heavy (non-hydrogen) atoms. The summed E-state index contributed by atoms with van der Waals surface area (Å²) in [7, 11) is 1.96. The van der Waals surface area contributed by atoms with Crippen molar-refractivity contribution in [3.63, 3.8) is 0 Å². The molecule has 126 valence electrons. The van der Waals surface area contributed by atoms with Gasteiger partial charge in [-0.1, -0.05) is 12.1 Å². The first-order valence-electron chi connectivity index (χ1n) is 8.12. The van der Waals surface area contributed by atoms with Gasteiger partial charge >= 0.3 is 0 Å². The molecular weight excluding hydrogens is 324 g/mol. The summed E-state index contributed by atoms with van der Waals surface area (Å²) in [5.41, 5.74) is 11.2. The highest BCUT2D eigenvalue weighted by Gasteiger charge is 2.18. The van der Waals surface area contributed by atoms with E-state index >= 15 is 0 Å². The fourth-order valence-corrected chi connectivity index (χ4v) is 3.11. The Hall–Kier alpha value is -3.72. The van der Waals surface area contributed by atoms with Gasteiger partial charge in [-0.05, 0) is 30.7 Å². The normalized spacial score (nSPS) is 10.8.